The van der Waals surface area contributed by atoms with E-state index in [2.05, 4.69) is 34.3 Å². The fourth-order valence-corrected chi connectivity index (χ4v) is 4.78. The first-order valence-corrected chi connectivity index (χ1v) is 12.9. The standard InChI is InChI=1S/C27H34ClN5O3/c1-19(2)20-3-7-22(8-4-20)30-25(34)17-24-27(36)29-11-12-33(24)26(35)18-31-13-15-32(16-14-31)23-9-5-21(28)6-10-23/h3-10,19,24H,11-18H2,1-2H3,(H,29,36)(H,30,34)/t24-/m0/s1. The van der Waals surface area contributed by atoms with Crippen molar-refractivity contribution in [2.75, 3.05) is 56.0 Å². The van der Waals surface area contributed by atoms with E-state index < -0.39 is 6.04 Å². The lowest BCUT2D eigenvalue weighted by atomic mass is 10.0. The van der Waals surface area contributed by atoms with Crippen LogP contribution in [0.2, 0.25) is 5.02 Å². The summed E-state index contributed by atoms with van der Waals surface area (Å²) in [7, 11) is 0. The SMILES string of the molecule is CC(C)c1ccc(NC(=O)C[C@H]2C(=O)NCCN2C(=O)CN2CCN(c3ccc(Cl)cc3)CC2)cc1. The summed E-state index contributed by atoms with van der Waals surface area (Å²) in [5.41, 5.74) is 2.98. The molecule has 0 bridgehead atoms. The first kappa shape index (κ1) is 26.0. The molecule has 192 valence electrons. The molecule has 2 aromatic carbocycles. The van der Waals surface area contributed by atoms with E-state index in [9.17, 15) is 14.4 Å². The number of halogens is 1. The monoisotopic (exact) mass is 511 g/mol. The molecule has 0 saturated carbocycles. The van der Waals surface area contributed by atoms with Gasteiger partial charge < -0.3 is 20.4 Å². The number of benzene rings is 2. The van der Waals surface area contributed by atoms with E-state index in [1.807, 2.05) is 48.5 Å². The quantitative estimate of drug-likeness (QED) is 0.597. The van der Waals surface area contributed by atoms with Crippen molar-refractivity contribution in [3.63, 3.8) is 0 Å². The molecule has 9 heteroatoms. The number of anilines is 2. The van der Waals surface area contributed by atoms with E-state index in [1.165, 1.54) is 5.56 Å². The van der Waals surface area contributed by atoms with Crippen molar-refractivity contribution < 1.29 is 14.4 Å². The van der Waals surface area contributed by atoms with Crippen LogP contribution in [-0.2, 0) is 14.4 Å². The van der Waals surface area contributed by atoms with Crippen molar-refractivity contribution >= 4 is 40.7 Å². The second-order valence-corrected chi connectivity index (χ2v) is 10.1. The summed E-state index contributed by atoms with van der Waals surface area (Å²) in [5, 5.41) is 6.36. The van der Waals surface area contributed by atoms with E-state index in [4.69, 9.17) is 11.6 Å². The number of hydrogen-bond acceptors (Lipinski definition) is 5. The molecule has 0 aromatic heterocycles. The highest BCUT2D eigenvalue weighted by molar-refractivity contribution is 6.30. The lowest BCUT2D eigenvalue weighted by Gasteiger charge is -2.39. The maximum Gasteiger partial charge on any atom is 0.243 e. The van der Waals surface area contributed by atoms with Gasteiger partial charge in [-0.05, 0) is 47.9 Å². The molecule has 2 aromatic rings. The van der Waals surface area contributed by atoms with Crippen LogP contribution >= 0.6 is 11.6 Å². The molecule has 8 nitrogen and oxygen atoms in total. The molecule has 2 fully saturated rings. The van der Waals surface area contributed by atoms with Crippen molar-refractivity contribution in [1.29, 1.82) is 0 Å². The minimum atomic E-state index is -0.809. The lowest BCUT2D eigenvalue weighted by Crippen LogP contribution is -2.60. The molecule has 0 unspecified atom stereocenters. The zero-order valence-corrected chi connectivity index (χ0v) is 21.6. The molecule has 36 heavy (non-hydrogen) atoms. The molecule has 2 heterocycles. The molecule has 0 radical (unpaired) electrons. The Morgan fingerprint density at radius 3 is 2.31 bits per heavy atom. The van der Waals surface area contributed by atoms with Crippen LogP contribution in [-0.4, -0.2) is 79.4 Å². The normalized spacial score (nSPS) is 18.8. The van der Waals surface area contributed by atoms with E-state index in [0.717, 1.165) is 31.9 Å². The zero-order chi connectivity index (χ0) is 25.7. The number of carbonyl (C=O) groups excluding carboxylic acids is 3. The van der Waals surface area contributed by atoms with E-state index in [1.54, 1.807) is 4.90 Å². The first-order valence-electron chi connectivity index (χ1n) is 12.5. The third kappa shape index (κ3) is 6.56. The Kier molecular flexibility index (Phi) is 8.48. The number of amides is 3. The van der Waals surface area contributed by atoms with Gasteiger partial charge in [-0.1, -0.05) is 37.6 Å². The minimum absolute atomic E-state index is 0.0755. The van der Waals surface area contributed by atoms with Crippen LogP contribution in [0.15, 0.2) is 48.5 Å². The second-order valence-electron chi connectivity index (χ2n) is 9.66. The van der Waals surface area contributed by atoms with E-state index >= 15 is 0 Å². The summed E-state index contributed by atoms with van der Waals surface area (Å²) in [4.78, 5) is 44.5. The van der Waals surface area contributed by atoms with Gasteiger partial charge in [0.25, 0.3) is 0 Å². The third-order valence-electron chi connectivity index (χ3n) is 6.81. The smallest absolute Gasteiger partial charge is 0.243 e. The summed E-state index contributed by atoms with van der Waals surface area (Å²) >= 11 is 5.99. The fourth-order valence-electron chi connectivity index (χ4n) is 4.65. The number of nitrogens with one attached hydrogen (secondary N) is 2. The van der Waals surface area contributed by atoms with Gasteiger partial charge in [0, 0.05) is 55.7 Å². The molecule has 2 N–H and O–H groups in total. The summed E-state index contributed by atoms with van der Waals surface area (Å²) in [6.07, 6.45) is -0.0755. The van der Waals surface area contributed by atoms with Gasteiger partial charge in [0.05, 0.1) is 13.0 Å². The third-order valence-corrected chi connectivity index (χ3v) is 7.07. The van der Waals surface area contributed by atoms with Crippen molar-refractivity contribution in [3.05, 3.63) is 59.1 Å². The number of nitrogens with zero attached hydrogens (tertiary/aromatic N) is 3. The van der Waals surface area contributed by atoms with Crippen LogP contribution in [0.5, 0.6) is 0 Å². The maximum absolute atomic E-state index is 13.2. The second kappa shape index (κ2) is 11.8. The zero-order valence-electron chi connectivity index (χ0n) is 20.9. The molecule has 0 aliphatic carbocycles. The van der Waals surface area contributed by atoms with Gasteiger partial charge >= 0.3 is 0 Å². The molecular weight excluding hydrogens is 478 g/mol. The highest BCUT2D eigenvalue weighted by atomic mass is 35.5. The Bertz CT molecular complexity index is 1070. The summed E-state index contributed by atoms with van der Waals surface area (Å²) in [6.45, 7) is 8.34. The lowest BCUT2D eigenvalue weighted by molar-refractivity contribution is -0.145. The topological polar surface area (TPSA) is 85.0 Å². The Hall–Kier alpha value is -3.10. The van der Waals surface area contributed by atoms with Crippen molar-refractivity contribution in [1.82, 2.24) is 15.1 Å². The van der Waals surface area contributed by atoms with E-state index in [-0.39, 0.29) is 30.7 Å². The van der Waals surface area contributed by atoms with Crippen LogP contribution in [0.3, 0.4) is 0 Å². The molecule has 3 amide bonds. The van der Waals surface area contributed by atoms with Gasteiger partial charge in [0.1, 0.15) is 6.04 Å². The Balaban J connectivity index is 1.31. The number of hydrogen-bond donors (Lipinski definition) is 2. The summed E-state index contributed by atoms with van der Waals surface area (Å²) in [5.74, 6) is -0.291. The largest absolute Gasteiger partial charge is 0.369 e. The average molecular weight is 512 g/mol. The number of rotatable bonds is 7. The number of piperazine rings is 2. The molecule has 4 rings (SSSR count). The van der Waals surface area contributed by atoms with E-state index in [0.29, 0.717) is 29.7 Å². The van der Waals surface area contributed by atoms with Crippen LogP contribution < -0.4 is 15.5 Å². The van der Waals surface area contributed by atoms with Gasteiger partial charge in [-0.3, -0.25) is 19.3 Å². The Morgan fingerprint density at radius 2 is 1.67 bits per heavy atom. The molecule has 2 saturated heterocycles. The van der Waals surface area contributed by atoms with Crippen LogP contribution in [0.1, 0.15) is 31.7 Å². The van der Waals surface area contributed by atoms with Gasteiger partial charge in [0.2, 0.25) is 17.7 Å². The minimum Gasteiger partial charge on any atom is -0.369 e. The Morgan fingerprint density at radius 1 is 1.00 bits per heavy atom. The fraction of sp³-hybridized carbons (Fsp3) is 0.444. The van der Waals surface area contributed by atoms with Crippen molar-refractivity contribution in [3.8, 4) is 0 Å². The van der Waals surface area contributed by atoms with Gasteiger partial charge in [-0.2, -0.15) is 0 Å². The predicted octanol–water partition coefficient (Wildman–Crippen LogP) is 2.94. The predicted molar refractivity (Wildman–Crippen MR) is 142 cm³/mol. The summed E-state index contributed by atoms with van der Waals surface area (Å²) < 4.78 is 0. The van der Waals surface area contributed by atoms with Gasteiger partial charge in [-0.25, -0.2) is 0 Å². The maximum atomic E-state index is 13.2. The molecule has 2 aliphatic heterocycles. The van der Waals surface area contributed by atoms with Crippen LogP contribution in [0, 0.1) is 0 Å². The van der Waals surface area contributed by atoms with Gasteiger partial charge in [-0.15, -0.1) is 0 Å². The molecule has 1 atom stereocenters. The van der Waals surface area contributed by atoms with Crippen molar-refractivity contribution in [2.24, 2.45) is 0 Å². The Labute approximate surface area is 217 Å². The van der Waals surface area contributed by atoms with Crippen LogP contribution in [0.25, 0.3) is 0 Å². The van der Waals surface area contributed by atoms with Crippen molar-refractivity contribution in [2.45, 2.75) is 32.2 Å². The molecular formula is C27H34ClN5O3. The average Bonchev–Trinajstić information content (AvgIpc) is 2.86. The van der Waals surface area contributed by atoms with Crippen LogP contribution in [0.4, 0.5) is 11.4 Å². The number of carbonyl (C=O) groups is 3. The van der Waals surface area contributed by atoms with Gasteiger partial charge in [0.15, 0.2) is 0 Å². The summed E-state index contributed by atoms with van der Waals surface area (Å²) in [6, 6.07) is 14.6. The molecule has 0 spiro atoms. The molecule has 2 aliphatic rings. The first-order chi connectivity index (χ1) is 17.3. The highest BCUT2D eigenvalue weighted by Crippen LogP contribution is 2.20. The highest BCUT2D eigenvalue weighted by Gasteiger charge is 2.35.